The van der Waals surface area contributed by atoms with Crippen molar-refractivity contribution in [3.05, 3.63) is 47.0 Å². The van der Waals surface area contributed by atoms with Crippen molar-refractivity contribution in [1.82, 2.24) is 0 Å². The number of carbonyl (C=O) groups is 3. The number of Topliss-reactive ketones (excluding diaryl/α,β-unsaturated/α-hetero) is 1. The summed E-state index contributed by atoms with van der Waals surface area (Å²) in [4.78, 5) is 50.5. The molecule has 1 fully saturated rings. The van der Waals surface area contributed by atoms with Crippen LogP contribution in [0.15, 0.2) is 28.7 Å². The number of likely N-dealkylation sites (N-methyl/N-ethyl adjacent to an activating group) is 1. The lowest BCUT2D eigenvalue weighted by Crippen LogP contribution is -2.37. The molecule has 0 spiro atoms. The minimum atomic E-state index is -4.71. The predicted octanol–water partition coefficient (Wildman–Crippen LogP) is 8.75. The lowest BCUT2D eigenvalue weighted by molar-refractivity contribution is -0.870. The third-order valence-electron chi connectivity index (χ3n) is 11.6. The molecule has 1 aliphatic rings. The van der Waals surface area contributed by atoms with Gasteiger partial charge >= 0.3 is 11.9 Å². The summed E-state index contributed by atoms with van der Waals surface area (Å²) < 4.78 is 40.1. The highest BCUT2D eigenvalue weighted by molar-refractivity contribution is 7.45. The summed E-state index contributed by atoms with van der Waals surface area (Å²) in [6.45, 7) is 8.03. The first kappa shape index (κ1) is 55.5. The summed E-state index contributed by atoms with van der Waals surface area (Å²) in [5, 5.41) is 20.8. The highest BCUT2D eigenvalue weighted by Gasteiger charge is 2.39. The number of hydrogen-bond acceptors (Lipinski definition) is 12. The first-order valence-corrected chi connectivity index (χ1v) is 25.0. The van der Waals surface area contributed by atoms with Crippen molar-refractivity contribution in [3.8, 4) is 0 Å². The number of esters is 2. The number of quaternary nitrogens is 1. The van der Waals surface area contributed by atoms with Crippen molar-refractivity contribution in [1.29, 1.82) is 0 Å². The Morgan fingerprint density at radius 1 is 0.855 bits per heavy atom. The van der Waals surface area contributed by atoms with Crippen molar-refractivity contribution >= 4 is 25.5 Å². The minimum absolute atomic E-state index is 0.0322. The predicted molar refractivity (Wildman–Crippen MR) is 240 cm³/mol. The molecule has 62 heavy (non-hydrogen) atoms. The standard InChI is InChI=1S/C48H82NO12P/c1-8-10-18-24-39(50)30-31-42-41(43(51)34-44(42)52)25-20-16-17-22-28-47(53)57-35-40(36-59-62(55,56)58-33-32-49(5,6)7)60-48(54)29-23-15-13-12-14-21-27-46-38(4)37(3)45(61-46)26-19-11-9-2/h16,20,30-31,39-43,50-51H,8-15,17-19,21-29,32-36H2,1-7H3/b20-16-,31-30+/t39-,40+,41+,42+,43-/m0/s1. The fourth-order valence-electron chi connectivity index (χ4n) is 7.46. The summed E-state index contributed by atoms with van der Waals surface area (Å²) >= 11 is 0. The van der Waals surface area contributed by atoms with Gasteiger partial charge in [-0.15, -0.1) is 0 Å². The molecule has 14 heteroatoms. The molecule has 1 unspecified atom stereocenters. The van der Waals surface area contributed by atoms with E-state index < -0.39 is 50.6 Å². The topological polar surface area (TPSA) is 182 Å². The second-order valence-electron chi connectivity index (χ2n) is 18.1. The number of ether oxygens (including phenoxy) is 2. The largest absolute Gasteiger partial charge is 0.756 e. The normalized spacial score (nSPS) is 19.1. The summed E-state index contributed by atoms with van der Waals surface area (Å²) in [6, 6.07) is 0. The van der Waals surface area contributed by atoms with Crippen LogP contribution in [0.5, 0.6) is 0 Å². The Balaban J connectivity index is 1.78. The molecule has 1 aromatic heterocycles. The molecule has 356 valence electrons. The molecule has 2 N–H and O–H groups in total. The molecule has 0 amide bonds. The van der Waals surface area contributed by atoms with Crippen LogP contribution in [0.4, 0.5) is 0 Å². The maximum atomic E-state index is 12.8. The van der Waals surface area contributed by atoms with Gasteiger partial charge < -0.3 is 42.5 Å². The van der Waals surface area contributed by atoms with Gasteiger partial charge in [-0.3, -0.25) is 18.9 Å². The van der Waals surface area contributed by atoms with Gasteiger partial charge in [0.25, 0.3) is 7.82 Å². The van der Waals surface area contributed by atoms with Crippen molar-refractivity contribution in [2.45, 2.75) is 181 Å². The maximum Gasteiger partial charge on any atom is 0.306 e. The van der Waals surface area contributed by atoms with Gasteiger partial charge in [0, 0.05) is 43.9 Å². The van der Waals surface area contributed by atoms with Gasteiger partial charge in [-0.2, -0.15) is 0 Å². The third-order valence-corrected chi connectivity index (χ3v) is 12.5. The fraction of sp³-hybridized carbons (Fsp3) is 0.771. The fourth-order valence-corrected chi connectivity index (χ4v) is 8.19. The summed E-state index contributed by atoms with van der Waals surface area (Å²) in [5.74, 6) is 0.413. The van der Waals surface area contributed by atoms with Crippen molar-refractivity contribution in [2.75, 3.05) is 47.5 Å². The van der Waals surface area contributed by atoms with E-state index in [1.807, 2.05) is 33.3 Å². The molecule has 1 aromatic rings. The van der Waals surface area contributed by atoms with Crippen LogP contribution in [-0.4, -0.2) is 98.2 Å². The number of aliphatic hydroxyl groups excluding tert-OH is 2. The number of phosphoric ester groups is 1. The zero-order valence-electron chi connectivity index (χ0n) is 39.2. The zero-order valence-corrected chi connectivity index (χ0v) is 40.1. The number of rotatable bonds is 35. The van der Waals surface area contributed by atoms with E-state index in [-0.39, 0.29) is 44.2 Å². The van der Waals surface area contributed by atoms with Crippen LogP contribution in [0, 0.1) is 25.7 Å². The molecule has 0 saturated heterocycles. The summed E-state index contributed by atoms with van der Waals surface area (Å²) in [5.41, 5.74) is 2.56. The van der Waals surface area contributed by atoms with Gasteiger partial charge in [0.15, 0.2) is 6.10 Å². The van der Waals surface area contributed by atoms with Crippen LogP contribution < -0.4 is 4.89 Å². The first-order chi connectivity index (χ1) is 29.5. The molecule has 0 bridgehead atoms. The molecule has 1 aliphatic carbocycles. The maximum absolute atomic E-state index is 12.8. The van der Waals surface area contributed by atoms with E-state index in [0.717, 1.165) is 82.1 Å². The van der Waals surface area contributed by atoms with E-state index in [0.29, 0.717) is 43.1 Å². The van der Waals surface area contributed by atoms with Gasteiger partial charge in [-0.05, 0) is 69.9 Å². The van der Waals surface area contributed by atoms with Crippen LogP contribution in [0.25, 0.3) is 0 Å². The summed E-state index contributed by atoms with van der Waals surface area (Å²) in [7, 11) is 0.990. The van der Waals surface area contributed by atoms with Crippen LogP contribution in [0.3, 0.4) is 0 Å². The molecule has 6 atom stereocenters. The van der Waals surface area contributed by atoms with E-state index in [1.165, 1.54) is 24.0 Å². The molecule has 13 nitrogen and oxygen atoms in total. The zero-order chi connectivity index (χ0) is 46.0. The molecule has 2 rings (SSSR count). The van der Waals surface area contributed by atoms with Crippen molar-refractivity contribution in [2.24, 2.45) is 11.8 Å². The number of carbonyl (C=O) groups excluding carboxylic acids is 3. The lowest BCUT2D eigenvalue weighted by Gasteiger charge is -2.28. The number of allylic oxidation sites excluding steroid dienone is 3. The van der Waals surface area contributed by atoms with E-state index in [1.54, 1.807) is 12.2 Å². The quantitative estimate of drug-likeness (QED) is 0.0218. The first-order valence-electron chi connectivity index (χ1n) is 23.5. The highest BCUT2D eigenvalue weighted by atomic mass is 31.2. The molecule has 1 heterocycles. The molecular weight excluding hydrogens is 813 g/mol. The Morgan fingerprint density at radius 3 is 2.13 bits per heavy atom. The number of unbranched alkanes of at least 4 members (excludes halogenated alkanes) is 10. The van der Waals surface area contributed by atoms with Crippen LogP contribution >= 0.6 is 7.82 Å². The Kier molecular flexibility index (Phi) is 27.3. The molecule has 0 aromatic carbocycles. The van der Waals surface area contributed by atoms with Gasteiger partial charge in [0.05, 0.1) is 40.0 Å². The van der Waals surface area contributed by atoms with Crippen LogP contribution in [0.1, 0.15) is 158 Å². The van der Waals surface area contributed by atoms with Crippen LogP contribution in [-0.2, 0) is 50.3 Å². The number of ketones is 1. The van der Waals surface area contributed by atoms with Gasteiger partial charge in [-0.1, -0.05) is 95.9 Å². The third kappa shape index (κ3) is 23.9. The van der Waals surface area contributed by atoms with E-state index in [2.05, 4.69) is 27.7 Å². The second-order valence-corrected chi connectivity index (χ2v) is 19.5. The molecule has 0 aliphatic heterocycles. The average molecular weight is 896 g/mol. The minimum Gasteiger partial charge on any atom is -0.756 e. The van der Waals surface area contributed by atoms with Crippen LogP contribution in [0.2, 0.25) is 0 Å². The van der Waals surface area contributed by atoms with Gasteiger partial charge in [0.1, 0.15) is 37.1 Å². The number of aryl methyl sites for hydroxylation is 2. The number of hydrogen-bond donors (Lipinski definition) is 2. The van der Waals surface area contributed by atoms with Crippen molar-refractivity contribution in [3.63, 3.8) is 0 Å². The van der Waals surface area contributed by atoms with E-state index >= 15 is 0 Å². The molecular formula is C48H82NO12P. The monoisotopic (exact) mass is 896 g/mol. The number of nitrogens with zero attached hydrogens (tertiary/aromatic N) is 1. The van der Waals surface area contributed by atoms with Crippen molar-refractivity contribution < 1.29 is 61.5 Å². The second kappa shape index (κ2) is 30.5. The average Bonchev–Trinajstić information content (AvgIpc) is 3.63. The van der Waals surface area contributed by atoms with E-state index in [9.17, 15) is 34.1 Å². The van der Waals surface area contributed by atoms with E-state index in [4.69, 9.17) is 22.9 Å². The lowest BCUT2D eigenvalue weighted by atomic mass is 9.90. The Hall–Kier alpha value is -2.64. The highest BCUT2D eigenvalue weighted by Crippen LogP contribution is 2.38. The SMILES string of the molecule is CCCCCc1oc(CCCCCCCCC(=O)O[C@H](COC(=O)CCC/C=C\C[C@H]2[C@@H](O)CC(=O)[C@@H]2/C=C/[C@@H](O)CCCCC)COP(=O)([O-])OCC[N+](C)(C)C)c(C)c1C. The summed E-state index contributed by atoms with van der Waals surface area (Å²) in [6.07, 6.45) is 21.3. The number of phosphoric acid groups is 1. The van der Waals surface area contributed by atoms with Gasteiger partial charge in [0.2, 0.25) is 0 Å². The molecule has 0 radical (unpaired) electrons. The number of aliphatic hydroxyl groups is 2. The molecule has 1 saturated carbocycles. The smallest absolute Gasteiger partial charge is 0.306 e. The Morgan fingerprint density at radius 2 is 1.47 bits per heavy atom. The Bertz CT molecular complexity index is 1550. The Labute approximate surface area is 373 Å². The number of furan rings is 1. The van der Waals surface area contributed by atoms with Gasteiger partial charge in [-0.25, -0.2) is 0 Å².